The quantitative estimate of drug-likeness (QED) is 0.867. The molecule has 4 nitrogen and oxygen atoms in total. The summed E-state index contributed by atoms with van der Waals surface area (Å²) in [6, 6.07) is 5.96. The minimum Gasteiger partial charge on any atom is -0.454 e. The fourth-order valence-corrected chi connectivity index (χ4v) is 4.47. The van der Waals surface area contributed by atoms with Crippen molar-refractivity contribution in [3.8, 4) is 11.5 Å². The molecule has 4 atom stereocenters. The Morgan fingerprint density at radius 3 is 2.91 bits per heavy atom. The van der Waals surface area contributed by atoms with E-state index in [1.54, 1.807) is 6.08 Å². The Balaban J connectivity index is 1.34. The zero-order valence-electron chi connectivity index (χ0n) is 13.5. The summed E-state index contributed by atoms with van der Waals surface area (Å²) in [4.78, 5) is 12.2. The first-order valence-corrected chi connectivity index (χ1v) is 8.57. The minimum atomic E-state index is -0.0158. The van der Waals surface area contributed by atoms with Gasteiger partial charge in [-0.05, 0) is 67.7 Å². The number of hydrogen-bond donors (Lipinski definition) is 1. The average molecular weight is 313 g/mol. The highest BCUT2D eigenvalue weighted by molar-refractivity contribution is 5.92. The lowest BCUT2D eigenvalue weighted by Gasteiger charge is -2.28. The molecule has 4 rings (SSSR count). The lowest BCUT2D eigenvalue weighted by molar-refractivity contribution is -0.117. The van der Waals surface area contributed by atoms with E-state index in [1.807, 2.05) is 24.3 Å². The van der Waals surface area contributed by atoms with E-state index in [0.717, 1.165) is 28.9 Å². The van der Waals surface area contributed by atoms with Crippen molar-refractivity contribution in [2.45, 2.75) is 38.6 Å². The first-order valence-electron chi connectivity index (χ1n) is 8.57. The topological polar surface area (TPSA) is 47.6 Å². The highest BCUT2D eigenvalue weighted by atomic mass is 16.7. The summed E-state index contributed by atoms with van der Waals surface area (Å²) in [5.41, 5.74) is 0.942. The molecule has 2 saturated carbocycles. The Morgan fingerprint density at radius 1 is 1.26 bits per heavy atom. The molecular formula is C19H23NO3. The summed E-state index contributed by atoms with van der Waals surface area (Å²) in [6.45, 7) is 2.42. The number of carbonyl (C=O) groups excluding carboxylic acids is 1. The van der Waals surface area contributed by atoms with Crippen LogP contribution in [0.15, 0.2) is 24.3 Å². The first kappa shape index (κ1) is 14.6. The Morgan fingerprint density at radius 2 is 2.13 bits per heavy atom. The highest BCUT2D eigenvalue weighted by Crippen LogP contribution is 2.49. The van der Waals surface area contributed by atoms with E-state index in [4.69, 9.17) is 9.47 Å². The molecule has 1 N–H and O–H groups in total. The van der Waals surface area contributed by atoms with Crippen LogP contribution in [0.25, 0.3) is 6.08 Å². The van der Waals surface area contributed by atoms with Crippen molar-refractivity contribution in [2.24, 2.45) is 17.8 Å². The third-order valence-corrected chi connectivity index (χ3v) is 5.63. The highest BCUT2D eigenvalue weighted by Gasteiger charge is 2.41. The largest absolute Gasteiger partial charge is 0.454 e. The molecule has 2 bridgehead atoms. The second-order valence-electron chi connectivity index (χ2n) is 7.08. The Hall–Kier alpha value is -1.97. The summed E-state index contributed by atoms with van der Waals surface area (Å²) >= 11 is 0. The maximum Gasteiger partial charge on any atom is 0.244 e. The Labute approximate surface area is 136 Å². The van der Waals surface area contributed by atoms with Crippen LogP contribution in [0.4, 0.5) is 0 Å². The fraction of sp³-hybridized carbons (Fsp3) is 0.526. The maximum atomic E-state index is 12.2. The molecule has 1 heterocycles. The van der Waals surface area contributed by atoms with Gasteiger partial charge in [0.25, 0.3) is 0 Å². The van der Waals surface area contributed by atoms with Gasteiger partial charge in [0.1, 0.15) is 0 Å². The van der Waals surface area contributed by atoms with E-state index in [1.165, 1.54) is 25.7 Å². The zero-order valence-corrected chi connectivity index (χ0v) is 13.5. The third kappa shape index (κ3) is 2.94. The van der Waals surface area contributed by atoms with E-state index in [0.29, 0.717) is 5.92 Å². The fourth-order valence-electron chi connectivity index (χ4n) is 4.47. The Kier molecular flexibility index (Phi) is 3.76. The monoisotopic (exact) mass is 313 g/mol. The van der Waals surface area contributed by atoms with Crippen LogP contribution in [0.1, 0.15) is 38.2 Å². The number of benzene rings is 1. The van der Waals surface area contributed by atoms with Gasteiger partial charge < -0.3 is 14.8 Å². The van der Waals surface area contributed by atoms with Crippen LogP contribution in [0, 0.1) is 17.8 Å². The zero-order chi connectivity index (χ0) is 15.8. The summed E-state index contributed by atoms with van der Waals surface area (Å²) in [7, 11) is 0. The van der Waals surface area contributed by atoms with E-state index < -0.39 is 0 Å². The summed E-state index contributed by atoms with van der Waals surface area (Å²) in [5.74, 6) is 3.88. The van der Waals surface area contributed by atoms with Gasteiger partial charge in [0, 0.05) is 12.1 Å². The number of rotatable bonds is 4. The normalized spacial score (nSPS) is 29.2. The van der Waals surface area contributed by atoms with Gasteiger partial charge in [-0.3, -0.25) is 4.79 Å². The summed E-state index contributed by atoms with van der Waals surface area (Å²) in [5, 5.41) is 3.15. The number of hydrogen-bond acceptors (Lipinski definition) is 3. The average Bonchev–Trinajstić information content (AvgIpc) is 3.28. The molecule has 2 aliphatic carbocycles. The van der Waals surface area contributed by atoms with Crippen molar-refractivity contribution < 1.29 is 14.3 Å². The van der Waals surface area contributed by atoms with E-state index in [2.05, 4.69) is 12.2 Å². The molecule has 0 radical (unpaired) electrons. The van der Waals surface area contributed by atoms with Crippen LogP contribution >= 0.6 is 0 Å². The molecule has 0 aromatic heterocycles. The molecule has 0 unspecified atom stereocenters. The second-order valence-corrected chi connectivity index (χ2v) is 7.08. The molecule has 3 aliphatic rings. The maximum absolute atomic E-state index is 12.2. The van der Waals surface area contributed by atoms with E-state index in [9.17, 15) is 4.79 Å². The number of carbonyl (C=O) groups is 1. The molecule has 4 heteroatoms. The number of nitrogens with one attached hydrogen (secondary N) is 1. The van der Waals surface area contributed by atoms with Gasteiger partial charge in [-0.1, -0.05) is 12.5 Å². The third-order valence-electron chi connectivity index (χ3n) is 5.63. The van der Waals surface area contributed by atoms with E-state index in [-0.39, 0.29) is 18.7 Å². The second kappa shape index (κ2) is 5.91. The number of fused-ring (bicyclic) bond motifs is 3. The molecule has 1 aromatic rings. The van der Waals surface area contributed by atoms with Crippen molar-refractivity contribution in [2.75, 3.05) is 6.79 Å². The van der Waals surface area contributed by atoms with Gasteiger partial charge in [-0.25, -0.2) is 0 Å². The molecule has 2 fully saturated rings. The molecule has 1 aromatic carbocycles. The summed E-state index contributed by atoms with van der Waals surface area (Å²) < 4.78 is 10.6. The molecule has 1 amide bonds. The predicted molar refractivity (Wildman–Crippen MR) is 88.1 cm³/mol. The number of ether oxygens (including phenoxy) is 2. The van der Waals surface area contributed by atoms with Gasteiger partial charge in [-0.2, -0.15) is 0 Å². The van der Waals surface area contributed by atoms with Crippen molar-refractivity contribution in [3.05, 3.63) is 29.8 Å². The van der Waals surface area contributed by atoms with Crippen molar-refractivity contribution >= 4 is 12.0 Å². The van der Waals surface area contributed by atoms with Gasteiger partial charge in [0.05, 0.1) is 0 Å². The van der Waals surface area contributed by atoms with Crippen molar-refractivity contribution in [1.29, 1.82) is 0 Å². The Bertz CT molecular complexity index is 640. The lowest BCUT2D eigenvalue weighted by atomic mass is 9.84. The van der Waals surface area contributed by atoms with Gasteiger partial charge >= 0.3 is 0 Å². The minimum absolute atomic E-state index is 0.0158. The molecule has 23 heavy (non-hydrogen) atoms. The molecule has 0 saturated heterocycles. The SMILES string of the molecule is C[C@H](NC(=O)/C=C/c1ccc2c(c1)OCO2)[C@H]1C[C@@H]2CC[C@@H]1C2. The van der Waals surface area contributed by atoms with Crippen LogP contribution < -0.4 is 14.8 Å². The molecule has 1 aliphatic heterocycles. The molecule has 122 valence electrons. The number of amides is 1. The van der Waals surface area contributed by atoms with Crippen LogP contribution in [-0.4, -0.2) is 18.7 Å². The van der Waals surface area contributed by atoms with Crippen LogP contribution in [-0.2, 0) is 4.79 Å². The standard InChI is InChI=1S/C19H23NO3/c1-12(16-9-14-2-5-15(16)8-14)20-19(21)7-4-13-3-6-17-18(10-13)23-11-22-17/h3-4,6-7,10,12,14-16H,2,5,8-9,11H2,1H3,(H,20,21)/b7-4+/t12-,14+,15+,16+/m0/s1. The predicted octanol–water partition coefficient (Wildman–Crippen LogP) is 3.37. The van der Waals surface area contributed by atoms with E-state index >= 15 is 0 Å². The smallest absolute Gasteiger partial charge is 0.244 e. The van der Waals surface area contributed by atoms with Crippen molar-refractivity contribution in [1.82, 2.24) is 5.32 Å². The molecular weight excluding hydrogens is 290 g/mol. The summed E-state index contributed by atoms with van der Waals surface area (Å²) in [6.07, 6.45) is 8.84. The van der Waals surface area contributed by atoms with Gasteiger partial charge in [0.15, 0.2) is 11.5 Å². The lowest BCUT2D eigenvalue weighted by Crippen LogP contribution is -2.39. The van der Waals surface area contributed by atoms with Crippen LogP contribution in [0.3, 0.4) is 0 Å². The van der Waals surface area contributed by atoms with Crippen molar-refractivity contribution in [3.63, 3.8) is 0 Å². The van der Waals surface area contributed by atoms with Gasteiger partial charge in [-0.15, -0.1) is 0 Å². The van der Waals surface area contributed by atoms with Crippen LogP contribution in [0.2, 0.25) is 0 Å². The van der Waals surface area contributed by atoms with Gasteiger partial charge in [0.2, 0.25) is 12.7 Å². The first-order chi connectivity index (χ1) is 11.2. The molecule has 0 spiro atoms. The van der Waals surface area contributed by atoms with Crippen LogP contribution in [0.5, 0.6) is 11.5 Å².